The van der Waals surface area contributed by atoms with Gasteiger partial charge in [0.05, 0.1) is 0 Å². The molecule has 1 saturated heterocycles. The number of aryl methyl sites for hydroxylation is 1. The second-order valence-corrected chi connectivity index (χ2v) is 6.92. The molecule has 0 radical (unpaired) electrons. The van der Waals surface area contributed by atoms with Crippen molar-refractivity contribution >= 4 is 11.7 Å². The van der Waals surface area contributed by atoms with Gasteiger partial charge in [-0.3, -0.25) is 0 Å². The number of amides is 2. The average molecular weight is 340 g/mol. The molecule has 0 aliphatic carbocycles. The van der Waals surface area contributed by atoms with E-state index in [0.29, 0.717) is 5.92 Å². The molecular formula is C20H28N4O. The van der Waals surface area contributed by atoms with Gasteiger partial charge in [-0.2, -0.15) is 0 Å². The van der Waals surface area contributed by atoms with E-state index in [1.807, 2.05) is 41.4 Å². The number of hydrogen-bond acceptors (Lipinski definition) is 2. The summed E-state index contributed by atoms with van der Waals surface area (Å²) in [6.45, 7) is 6.96. The highest BCUT2D eigenvalue weighted by atomic mass is 16.2. The lowest BCUT2D eigenvalue weighted by atomic mass is 9.94. The second kappa shape index (κ2) is 8.19. The normalized spacial score (nSPS) is 17.5. The third-order valence-electron chi connectivity index (χ3n) is 4.89. The van der Waals surface area contributed by atoms with E-state index in [-0.39, 0.29) is 6.03 Å². The number of piperidine rings is 1. The van der Waals surface area contributed by atoms with E-state index in [2.05, 4.69) is 28.7 Å². The summed E-state index contributed by atoms with van der Waals surface area (Å²) in [4.78, 5) is 19.1. The van der Waals surface area contributed by atoms with Crippen molar-refractivity contribution in [2.75, 3.05) is 18.4 Å². The molecule has 3 rings (SSSR count). The van der Waals surface area contributed by atoms with Crippen LogP contribution in [-0.4, -0.2) is 33.6 Å². The maximum atomic E-state index is 12.5. The highest BCUT2D eigenvalue weighted by Crippen LogP contribution is 2.22. The van der Waals surface area contributed by atoms with Gasteiger partial charge in [0.25, 0.3) is 0 Å². The maximum absolute atomic E-state index is 12.5. The smallest absolute Gasteiger partial charge is 0.321 e. The zero-order valence-corrected chi connectivity index (χ0v) is 15.2. The van der Waals surface area contributed by atoms with Crippen molar-refractivity contribution in [3.8, 4) is 0 Å². The minimum absolute atomic E-state index is 0.00369. The van der Waals surface area contributed by atoms with E-state index >= 15 is 0 Å². The van der Waals surface area contributed by atoms with Crippen molar-refractivity contribution in [2.24, 2.45) is 5.92 Å². The van der Waals surface area contributed by atoms with Crippen LogP contribution in [-0.2, 0) is 13.0 Å². The number of benzene rings is 1. The molecule has 1 aliphatic heterocycles. The van der Waals surface area contributed by atoms with Gasteiger partial charge in [-0.05, 0) is 44.2 Å². The van der Waals surface area contributed by atoms with E-state index in [1.165, 1.54) is 5.69 Å². The first kappa shape index (κ1) is 17.5. The summed E-state index contributed by atoms with van der Waals surface area (Å²) < 4.78 is 2.32. The number of urea groups is 1. The molecule has 25 heavy (non-hydrogen) atoms. The summed E-state index contributed by atoms with van der Waals surface area (Å²) in [6, 6.07) is 9.67. The summed E-state index contributed by atoms with van der Waals surface area (Å²) >= 11 is 0. The molecule has 1 N–H and O–H groups in total. The number of anilines is 1. The number of carbonyl (C=O) groups excluding carboxylic acids is 1. The number of carbonyl (C=O) groups is 1. The zero-order chi connectivity index (χ0) is 17.6. The number of nitrogens with one attached hydrogen (secondary N) is 1. The van der Waals surface area contributed by atoms with Gasteiger partial charge >= 0.3 is 6.03 Å². The van der Waals surface area contributed by atoms with Crippen LogP contribution in [0.3, 0.4) is 0 Å². The Morgan fingerprint density at radius 3 is 2.88 bits per heavy atom. The van der Waals surface area contributed by atoms with Crippen LogP contribution < -0.4 is 5.32 Å². The molecule has 5 heteroatoms. The van der Waals surface area contributed by atoms with Gasteiger partial charge < -0.3 is 14.8 Å². The Morgan fingerprint density at radius 2 is 2.12 bits per heavy atom. The van der Waals surface area contributed by atoms with Crippen molar-refractivity contribution in [1.29, 1.82) is 0 Å². The molecule has 2 aromatic rings. The molecule has 1 atom stereocenters. The molecule has 0 spiro atoms. The second-order valence-electron chi connectivity index (χ2n) is 6.92. The van der Waals surface area contributed by atoms with E-state index in [0.717, 1.165) is 56.8 Å². The Labute approximate surface area is 150 Å². The van der Waals surface area contributed by atoms with Gasteiger partial charge in [-0.15, -0.1) is 0 Å². The Hall–Kier alpha value is -2.30. The quantitative estimate of drug-likeness (QED) is 0.891. The number of rotatable bonds is 5. The number of hydrogen-bond donors (Lipinski definition) is 1. The fraction of sp³-hybridized carbons (Fsp3) is 0.500. The van der Waals surface area contributed by atoms with Gasteiger partial charge in [0.1, 0.15) is 5.82 Å². The monoisotopic (exact) mass is 340 g/mol. The summed E-state index contributed by atoms with van der Waals surface area (Å²) in [7, 11) is 0. The van der Waals surface area contributed by atoms with Crippen LogP contribution in [0.4, 0.5) is 10.5 Å². The minimum Gasteiger partial charge on any atom is -0.332 e. The molecular weight excluding hydrogens is 312 g/mol. The predicted octanol–water partition coefficient (Wildman–Crippen LogP) is 4.09. The van der Waals surface area contributed by atoms with Crippen molar-refractivity contribution < 1.29 is 4.79 Å². The van der Waals surface area contributed by atoms with Crippen LogP contribution in [0.1, 0.15) is 37.7 Å². The molecule has 134 valence electrons. The van der Waals surface area contributed by atoms with Gasteiger partial charge in [0.15, 0.2) is 0 Å². The first-order chi connectivity index (χ1) is 12.2. The molecule has 1 fully saturated rings. The maximum Gasteiger partial charge on any atom is 0.321 e. The van der Waals surface area contributed by atoms with Crippen molar-refractivity contribution in [3.05, 3.63) is 48.0 Å². The molecule has 0 saturated carbocycles. The lowest BCUT2D eigenvalue weighted by molar-refractivity contribution is 0.176. The highest BCUT2D eigenvalue weighted by molar-refractivity contribution is 5.89. The summed E-state index contributed by atoms with van der Waals surface area (Å²) in [5.74, 6) is 1.64. The average Bonchev–Trinajstić information content (AvgIpc) is 2.97. The van der Waals surface area contributed by atoms with Gasteiger partial charge in [-0.25, -0.2) is 9.78 Å². The summed E-state index contributed by atoms with van der Waals surface area (Å²) in [5.41, 5.74) is 2.08. The Bertz CT molecular complexity index is 695. The molecule has 5 nitrogen and oxygen atoms in total. The lowest BCUT2D eigenvalue weighted by Crippen LogP contribution is -2.43. The number of likely N-dealkylation sites (tertiary alicyclic amines) is 1. The molecule has 1 unspecified atom stereocenters. The van der Waals surface area contributed by atoms with E-state index < -0.39 is 0 Å². The van der Waals surface area contributed by atoms with E-state index in [1.54, 1.807) is 0 Å². The van der Waals surface area contributed by atoms with Crippen molar-refractivity contribution in [2.45, 2.75) is 46.1 Å². The highest BCUT2D eigenvalue weighted by Gasteiger charge is 2.25. The lowest BCUT2D eigenvalue weighted by Gasteiger charge is -2.32. The van der Waals surface area contributed by atoms with E-state index in [4.69, 9.17) is 0 Å². The molecule has 2 heterocycles. The van der Waals surface area contributed by atoms with Gasteiger partial charge in [-0.1, -0.05) is 25.1 Å². The standard InChI is InChI=1S/C20H28N4O/c1-3-11-24-16(2)14-21-19(24)13-17-8-7-12-23(15-17)20(25)22-18-9-5-4-6-10-18/h4-6,9-10,14,17H,3,7-8,11-13,15H2,1-2H3,(H,22,25). The molecule has 1 aromatic heterocycles. The first-order valence-corrected chi connectivity index (χ1v) is 9.29. The predicted molar refractivity (Wildman–Crippen MR) is 101 cm³/mol. The zero-order valence-electron chi connectivity index (χ0n) is 15.2. The molecule has 1 aromatic carbocycles. The Morgan fingerprint density at radius 1 is 1.32 bits per heavy atom. The van der Waals surface area contributed by atoms with Crippen LogP contribution in [0, 0.1) is 12.8 Å². The number of aromatic nitrogens is 2. The molecule has 2 amide bonds. The van der Waals surface area contributed by atoms with Crippen LogP contribution in [0.5, 0.6) is 0 Å². The topological polar surface area (TPSA) is 50.2 Å². The fourth-order valence-corrected chi connectivity index (χ4v) is 3.60. The minimum atomic E-state index is 0.00369. The van der Waals surface area contributed by atoms with Crippen molar-refractivity contribution in [1.82, 2.24) is 14.5 Å². The Kier molecular flexibility index (Phi) is 5.74. The SMILES string of the molecule is CCCn1c(C)cnc1CC1CCCN(C(=O)Nc2ccccc2)C1. The number of nitrogens with zero attached hydrogens (tertiary/aromatic N) is 3. The first-order valence-electron chi connectivity index (χ1n) is 9.29. The number of imidazole rings is 1. The third kappa shape index (κ3) is 4.41. The Balaban J connectivity index is 1.60. The summed E-state index contributed by atoms with van der Waals surface area (Å²) in [6.07, 6.45) is 6.24. The fourth-order valence-electron chi connectivity index (χ4n) is 3.60. The van der Waals surface area contributed by atoms with Crippen molar-refractivity contribution in [3.63, 3.8) is 0 Å². The van der Waals surface area contributed by atoms with E-state index in [9.17, 15) is 4.79 Å². The number of para-hydroxylation sites is 1. The van der Waals surface area contributed by atoms with Crippen LogP contribution >= 0.6 is 0 Å². The van der Waals surface area contributed by atoms with Crippen LogP contribution in [0.25, 0.3) is 0 Å². The van der Waals surface area contributed by atoms with Gasteiger partial charge in [0.2, 0.25) is 0 Å². The summed E-state index contributed by atoms with van der Waals surface area (Å²) in [5, 5.41) is 3.00. The van der Waals surface area contributed by atoms with Gasteiger partial charge in [0, 0.05) is 43.6 Å². The molecule has 1 aliphatic rings. The third-order valence-corrected chi connectivity index (χ3v) is 4.89. The van der Waals surface area contributed by atoms with Crippen LogP contribution in [0.15, 0.2) is 36.5 Å². The largest absolute Gasteiger partial charge is 0.332 e. The van der Waals surface area contributed by atoms with Crippen LogP contribution in [0.2, 0.25) is 0 Å². The molecule has 0 bridgehead atoms.